The molecule has 1 aliphatic rings. The number of benzene rings is 2. The molecule has 0 unspecified atom stereocenters. The van der Waals surface area contributed by atoms with Gasteiger partial charge >= 0.3 is 0 Å². The second-order valence-corrected chi connectivity index (χ2v) is 6.67. The summed E-state index contributed by atoms with van der Waals surface area (Å²) in [5.74, 6) is -2.95. The number of halogens is 1. The van der Waals surface area contributed by atoms with Crippen LogP contribution < -0.4 is 5.11 Å². The molecule has 0 aliphatic carbocycles. The van der Waals surface area contributed by atoms with E-state index in [0.29, 0.717) is 22.3 Å². The molecule has 1 aromatic heterocycles. The number of pyridine rings is 1. The third-order valence-electron chi connectivity index (χ3n) is 5.01. The van der Waals surface area contributed by atoms with Gasteiger partial charge in [-0.05, 0) is 47.0 Å². The fraction of sp³-hybridized carbons (Fsp3) is 0.136. The molecule has 2 atom stereocenters. The summed E-state index contributed by atoms with van der Waals surface area (Å²) >= 11 is 0. The number of rotatable bonds is 4. The number of aliphatic carboxylic acids is 1. The summed E-state index contributed by atoms with van der Waals surface area (Å²) in [6.45, 7) is 0.143. The Kier molecular flexibility index (Phi) is 4.61. The fourth-order valence-corrected chi connectivity index (χ4v) is 3.74. The molecular formula is C22H16FN2O3-. The van der Waals surface area contributed by atoms with Gasteiger partial charge in [-0.2, -0.15) is 0 Å². The van der Waals surface area contributed by atoms with Crippen LogP contribution in [0.5, 0.6) is 0 Å². The minimum absolute atomic E-state index is 0.143. The zero-order valence-electron chi connectivity index (χ0n) is 14.8. The Morgan fingerprint density at radius 3 is 2.39 bits per heavy atom. The van der Waals surface area contributed by atoms with Gasteiger partial charge < -0.3 is 14.8 Å². The summed E-state index contributed by atoms with van der Waals surface area (Å²) in [6.07, 6.45) is 3.12. The van der Waals surface area contributed by atoms with Crippen LogP contribution >= 0.6 is 0 Å². The normalized spacial score (nSPS) is 18.6. The number of carboxylic acid groups (broad SMARTS) is 1. The molecule has 0 spiro atoms. The molecular weight excluding hydrogens is 359 g/mol. The molecule has 0 saturated heterocycles. The predicted octanol–water partition coefficient (Wildman–Crippen LogP) is 2.45. The van der Waals surface area contributed by atoms with Crippen LogP contribution in [0.25, 0.3) is 0 Å². The van der Waals surface area contributed by atoms with Crippen LogP contribution in [-0.2, 0) is 11.3 Å². The van der Waals surface area contributed by atoms with Crippen molar-refractivity contribution in [1.29, 1.82) is 0 Å². The van der Waals surface area contributed by atoms with Gasteiger partial charge in [0.25, 0.3) is 5.91 Å². The number of hydrogen-bond donors (Lipinski definition) is 0. The molecule has 0 N–H and O–H groups in total. The number of carboxylic acids is 1. The van der Waals surface area contributed by atoms with Crippen molar-refractivity contribution in [3.05, 3.63) is 101 Å². The number of carbonyl (C=O) groups is 2. The first-order chi connectivity index (χ1) is 13.6. The molecule has 0 radical (unpaired) electrons. The van der Waals surface area contributed by atoms with Crippen LogP contribution in [0, 0.1) is 5.82 Å². The van der Waals surface area contributed by atoms with Gasteiger partial charge in [0.1, 0.15) is 5.82 Å². The van der Waals surface area contributed by atoms with E-state index in [9.17, 15) is 19.1 Å². The standard InChI is InChI=1S/C22H17FN2O3/c23-16-7-5-14(6-8-16)13-25-20(15-9-11-24-12-10-15)19(22(27)28)17-3-1-2-4-18(17)21(25)26/h1-12,19-20H,13H2,(H,27,28)/p-1/t19-,20-/m0/s1. The third-order valence-corrected chi connectivity index (χ3v) is 5.01. The highest BCUT2D eigenvalue weighted by atomic mass is 19.1. The minimum Gasteiger partial charge on any atom is -0.549 e. The van der Waals surface area contributed by atoms with Crippen molar-refractivity contribution >= 4 is 11.9 Å². The lowest BCUT2D eigenvalue weighted by Crippen LogP contribution is -2.47. The van der Waals surface area contributed by atoms with E-state index in [4.69, 9.17) is 0 Å². The van der Waals surface area contributed by atoms with Crippen LogP contribution in [0.1, 0.15) is 39.0 Å². The molecule has 1 amide bonds. The number of nitrogens with zero attached hydrogens (tertiary/aromatic N) is 2. The lowest BCUT2D eigenvalue weighted by atomic mass is 9.80. The lowest BCUT2D eigenvalue weighted by molar-refractivity contribution is -0.309. The Morgan fingerprint density at radius 2 is 1.71 bits per heavy atom. The van der Waals surface area contributed by atoms with E-state index in [1.807, 2.05) is 0 Å². The summed E-state index contributed by atoms with van der Waals surface area (Å²) in [6, 6.07) is 15.1. The maximum absolute atomic E-state index is 13.3. The SMILES string of the molecule is O=C([O-])[C@H]1c2ccccc2C(=O)N(Cc2ccc(F)cc2)[C@H]1c1ccncc1. The first-order valence-corrected chi connectivity index (χ1v) is 8.81. The Morgan fingerprint density at radius 1 is 1.04 bits per heavy atom. The molecule has 0 fully saturated rings. The molecule has 6 heteroatoms. The Balaban J connectivity index is 1.86. The predicted molar refractivity (Wildman–Crippen MR) is 97.4 cm³/mol. The molecule has 0 bridgehead atoms. The molecule has 3 aromatic rings. The largest absolute Gasteiger partial charge is 0.549 e. The average molecular weight is 375 g/mol. The molecule has 5 nitrogen and oxygen atoms in total. The highest BCUT2D eigenvalue weighted by Gasteiger charge is 2.41. The van der Waals surface area contributed by atoms with E-state index in [1.54, 1.807) is 60.9 Å². The number of aromatic nitrogens is 1. The Bertz CT molecular complexity index is 1020. The van der Waals surface area contributed by atoms with Crippen molar-refractivity contribution in [2.45, 2.75) is 18.5 Å². The summed E-state index contributed by atoms with van der Waals surface area (Å²) in [4.78, 5) is 30.9. The first-order valence-electron chi connectivity index (χ1n) is 8.81. The van der Waals surface area contributed by atoms with Crippen molar-refractivity contribution in [1.82, 2.24) is 9.88 Å². The van der Waals surface area contributed by atoms with Gasteiger partial charge in [-0.3, -0.25) is 9.78 Å². The van der Waals surface area contributed by atoms with E-state index >= 15 is 0 Å². The van der Waals surface area contributed by atoms with Gasteiger partial charge in [0, 0.05) is 30.4 Å². The third kappa shape index (κ3) is 3.13. The van der Waals surface area contributed by atoms with Crippen molar-refractivity contribution in [3.8, 4) is 0 Å². The number of amides is 1. The lowest BCUT2D eigenvalue weighted by Gasteiger charge is -2.43. The molecule has 28 heavy (non-hydrogen) atoms. The minimum atomic E-state index is -1.26. The van der Waals surface area contributed by atoms with Gasteiger partial charge in [-0.25, -0.2) is 4.39 Å². The summed E-state index contributed by atoms with van der Waals surface area (Å²) in [5, 5.41) is 12.1. The van der Waals surface area contributed by atoms with E-state index in [2.05, 4.69) is 4.98 Å². The van der Waals surface area contributed by atoms with Crippen molar-refractivity contribution in [2.24, 2.45) is 0 Å². The van der Waals surface area contributed by atoms with Crippen LogP contribution in [0.15, 0.2) is 73.1 Å². The van der Waals surface area contributed by atoms with Crippen molar-refractivity contribution < 1.29 is 19.1 Å². The van der Waals surface area contributed by atoms with Gasteiger partial charge in [0.15, 0.2) is 0 Å². The van der Waals surface area contributed by atoms with E-state index in [1.165, 1.54) is 17.0 Å². The first kappa shape index (κ1) is 17.9. The highest BCUT2D eigenvalue weighted by molar-refractivity contribution is 6.00. The molecule has 140 valence electrons. The van der Waals surface area contributed by atoms with Crippen LogP contribution in [0.4, 0.5) is 4.39 Å². The molecule has 1 aliphatic heterocycles. The molecule has 0 saturated carbocycles. The highest BCUT2D eigenvalue weighted by Crippen LogP contribution is 2.42. The van der Waals surface area contributed by atoms with Gasteiger partial charge in [0.2, 0.25) is 0 Å². The Hall–Kier alpha value is -3.54. The summed E-state index contributed by atoms with van der Waals surface area (Å²) in [7, 11) is 0. The fourth-order valence-electron chi connectivity index (χ4n) is 3.74. The second kappa shape index (κ2) is 7.23. The maximum atomic E-state index is 13.3. The molecule has 2 aromatic carbocycles. The quantitative estimate of drug-likeness (QED) is 0.702. The van der Waals surface area contributed by atoms with E-state index in [-0.39, 0.29) is 18.3 Å². The number of hydrogen-bond acceptors (Lipinski definition) is 4. The van der Waals surface area contributed by atoms with Gasteiger partial charge in [-0.15, -0.1) is 0 Å². The zero-order valence-corrected chi connectivity index (χ0v) is 14.8. The maximum Gasteiger partial charge on any atom is 0.255 e. The summed E-state index contributed by atoms with van der Waals surface area (Å²) in [5.41, 5.74) is 2.12. The zero-order chi connectivity index (χ0) is 19.7. The van der Waals surface area contributed by atoms with E-state index < -0.39 is 17.9 Å². The van der Waals surface area contributed by atoms with Crippen molar-refractivity contribution in [2.75, 3.05) is 0 Å². The smallest absolute Gasteiger partial charge is 0.255 e. The van der Waals surface area contributed by atoms with Crippen LogP contribution in [0.3, 0.4) is 0 Å². The van der Waals surface area contributed by atoms with E-state index in [0.717, 1.165) is 0 Å². The van der Waals surface area contributed by atoms with Crippen LogP contribution in [0.2, 0.25) is 0 Å². The summed E-state index contributed by atoms with van der Waals surface area (Å²) < 4.78 is 13.3. The Labute approximate surface area is 161 Å². The second-order valence-electron chi connectivity index (χ2n) is 6.67. The topological polar surface area (TPSA) is 73.3 Å². The monoisotopic (exact) mass is 375 g/mol. The number of carbonyl (C=O) groups excluding carboxylic acids is 2. The molecule has 2 heterocycles. The van der Waals surface area contributed by atoms with Crippen LogP contribution in [-0.4, -0.2) is 21.8 Å². The van der Waals surface area contributed by atoms with Crippen molar-refractivity contribution in [3.63, 3.8) is 0 Å². The average Bonchev–Trinajstić information content (AvgIpc) is 2.71. The molecule has 4 rings (SSSR count). The van der Waals surface area contributed by atoms with Gasteiger partial charge in [0.05, 0.1) is 12.0 Å². The van der Waals surface area contributed by atoms with Gasteiger partial charge in [-0.1, -0.05) is 30.3 Å². The number of fused-ring (bicyclic) bond motifs is 1.